The van der Waals surface area contributed by atoms with E-state index < -0.39 is 10.0 Å². The normalized spacial score (nSPS) is 11.6. The Morgan fingerprint density at radius 1 is 1.03 bits per heavy atom. The number of rotatable bonds is 10. The molecule has 9 heteroatoms. The number of halogens is 1. The van der Waals surface area contributed by atoms with E-state index >= 15 is 0 Å². The SMILES string of the molecule is CN(CCCc1cc(-c2cccc(F)c2)n[nH]1)C(=O)CCNS(=O)(=O)c1ccc2ccccc2c1. The minimum absolute atomic E-state index is 0.0237. The van der Waals surface area contributed by atoms with Gasteiger partial charge in [-0.2, -0.15) is 5.10 Å². The number of benzene rings is 3. The molecular formula is C26H27FN4O3S. The molecule has 0 spiro atoms. The van der Waals surface area contributed by atoms with Crippen LogP contribution in [0.25, 0.3) is 22.0 Å². The van der Waals surface area contributed by atoms with Crippen LogP contribution in [0.1, 0.15) is 18.5 Å². The third-order valence-corrected chi connectivity index (χ3v) is 7.24. The molecule has 0 aliphatic rings. The Morgan fingerprint density at radius 3 is 2.63 bits per heavy atom. The number of hydrogen-bond donors (Lipinski definition) is 2. The Labute approximate surface area is 204 Å². The molecule has 0 aliphatic heterocycles. The van der Waals surface area contributed by atoms with Crippen LogP contribution in [0, 0.1) is 5.82 Å². The average molecular weight is 495 g/mol. The van der Waals surface area contributed by atoms with Crippen LogP contribution in [-0.4, -0.2) is 49.6 Å². The Kier molecular flexibility index (Phi) is 7.57. The molecule has 4 aromatic rings. The van der Waals surface area contributed by atoms with Gasteiger partial charge in [-0.3, -0.25) is 9.89 Å². The van der Waals surface area contributed by atoms with Gasteiger partial charge in [0.05, 0.1) is 10.6 Å². The molecule has 35 heavy (non-hydrogen) atoms. The summed E-state index contributed by atoms with van der Waals surface area (Å²) in [4.78, 5) is 14.2. The lowest BCUT2D eigenvalue weighted by molar-refractivity contribution is -0.129. The van der Waals surface area contributed by atoms with Crippen LogP contribution in [0.15, 0.2) is 77.7 Å². The number of hydrogen-bond acceptors (Lipinski definition) is 4. The van der Waals surface area contributed by atoms with Gasteiger partial charge >= 0.3 is 0 Å². The highest BCUT2D eigenvalue weighted by atomic mass is 32.2. The van der Waals surface area contributed by atoms with E-state index in [1.54, 1.807) is 42.3 Å². The smallest absolute Gasteiger partial charge is 0.240 e. The van der Waals surface area contributed by atoms with Gasteiger partial charge in [0.25, 0.3) is 0 Å². The number of nitrogens with zero attached hydrogens (tertiary/aromatic N) is 2. The van der Waals surface area contributed by atoms with Crippen LogP contribution in [0.4, 0.5) is 4.39 Å². The number of amides is 1. The van der Waals surface area contributed by atoms with Gasteiger partial charge in [0.1, 0.15) is 5.82 Å². The first-order valence-corrected chi connectivity index (χ1v) is 12.8. The Hall–Kier alpha value is -3.56. The predicted molar refractivity (Wildman–Crippen MR) is 134 cm³/mol. The minimum atomic E-state index is -3.70. The number of fused-ring (bicyclic) bond motifs is 1. The first kappa shape index (κ1) is 24.6. The van der Waals surface area contributed by atoms with Gasteiger partial charge in [-0.25, -0.2) is 17.5 Å². The van der Waals surface area contributed by atoms with Crippen LogP contribution < -0.4 is 4.72 Å². The van der Waals surface area contributed by atoms with Gasteiger partial charge in [0.2, 0.25) is 15.9 Å². The molecule has 2 N–H and O–H groups in total. The van der Waals surface area contributed by atoms with Crippen LogP contribution in [0.3, 0.4) is 0 Å². The van der Waals surface area contributed by atoms with Gasteiger partial charge < -0.3 is 4.90 Å². The highest BCUT2D eigenvalue weighted by Gasteiger charge is 2.16. The molecule has 0 bridgehead atoms. The number of aromatic nitrogens is 2. The molecule has 7 nitrogen and oxygen atoms in total. The summed E-state index contributed by atoms with van der Waals surface area (Å²) in [6.07, 6.45) is 1.45. The van der Waals surface area contributed by atoms with Crippen molar-refractivity contribution in [1.82, 2.24) is 19.8 Å². The van der Waals surface area contributed by atoms with Crippen molar-refractivity contribution in [3.8, 4) is 11.3 Å². The van der Waals surface area contributed by atoms with E-state index in [-0.39, 0.29) is 29.6 Å². The molecule has 1 aromatic heterocycles. The van der Waals surface area contributed by atoms with Crippen molar-refractivity contribution in [1.29, 1.82) is 0 Å². The van der Waals surface area contributed by atoms with Crippen molar-refractivity contribution in [2.45, 2.75) is 24.2 Å². The zero-order valence-corrected chi connectivity index (χ0v) is 20.2. The first-order valence-electron chi connectivity index (χ1n) is 11.3. The lowest BCUT2D eigenvalue weighted by Crippen LogP contribution is -2.32. The van der Waals surface area contributed by atoms with Crippen LogP contribution in [0.5, 0.6) is 0 Å². The van der Waals surface area contributed by atoms with Crippen LogP contribution in [0.2, 0.25) is 0 Å². The predicted octanol–water partition coefficient (Wildman–Crippen LogP) is 4.13. The fraction of sp³-hybridized carbons (Fsp3) is 0.231. The van der Waals surface area contributed by atoms with Gasteiger partial charge in [-0.1, -0.05) is 42.5 Å². The van der Waals surface area contributed by atoms with E-state index in [1.165, 1.54) is 12.1 Å². The summed E-state index contributed by atoms with van der Waals surface area (Å²) in [5.74, 6) is -0.456. The quantitative estimate of drug-likeness (QED) is 0.347. The van der Waals surface area contributed by atoms with Crippen molar-refractivity contribution < 1.29 is 17.6 Å². The molecule has 1 amide bonds. The average Bonchev–Trinajstić information content (AvgIpc) is 3.32. The zero-order chi connectivity index (χ0) is 24.8. The number of aryl methyl sites for hydroxylation is 1. The molecule has 0 radical (unpaired) electrons. The number of H-pyrrole nitrogens is 1. The summed E-state index contributed by atoms with van der Waals surface area (Å²) in [5.41, 5.74) is 2.27. The van der Waals surface area contributed by atoms with Gasteiger partial charge in [0, 0.05) is 37.8 Å². The Balaban J connectivity index is 1.22. The lowest BCUT2D eigenvalue weighted by atomic mass is 10.1. The molecule has 0 fully saturated rings. The summed E-state index contributed by atoms with van der Waals surface area (Å²) in [6, 6.07) is 20.6. The zero-order valence-electron chi connectivity index (χ0n) is 19.4. The van der Waals surface area contributed by atoms with E-state index in [4.69, 9.17) is 0 Å². The Bertz CT molecular complexity index is 1440. The lowest BCUT2D eigenvalue weighted by Gasteiger charge is -2.17. The second-order valence-corrected chi connectivity index (χ2v) is 10.1. The molecule has 182 valence electrons. The van der Waals surface area contributed by atoms with Crippen molar-refractivity contribution >= 4 is 26.7 Å². The fourth-order valence-electron chi connectivity index (χ4n) is 3.82. The second-order valence-electron chi connectivity index (χ2n) is 8.36. The van der Waals surface area contributed by atoms with Crippen LogP contribution >= 0.6 is 0 Å². The highest BCUT2D eigenvalue weighted by Crippen LogP contribution is 2.20. The van der Waals surface area contributed by atoms with Crippen molar-refractivity contribution in [3.05, 3.63) is 84.3 Å². The number of carbonyl (C=O) groups excluding carboxylic acids is 1. The summed E-state index contributed by atoms with van der Waals surface area (Å²) in [7, 11) is -2.01. The standard InChI is InChI=1S/C26H27FN4O3S/c1-31(15-5-10-23-18-25(30-29-23)21-8-4-9-22(27)16-21)26(32)13-14-28-35(33,34)24-12-11-19-6-2-3-7-20(19)17-24/h2-4,6-9,11-12,16-18,28H,5,10,13-15H2,1H3,(H,29,30). The number of nitrogens with one attached hydrogen (secondary N) is 2. The first-order chi connectivity index (χ1) is 16.8. The van der Waals surface area contributed by atoms with E-state index in [2.05, 4.69) is 14.9 Å². The molecular weight excluding hydrogens is 467 g/mol. The largest absolute Gasteiger partial charge is 0.346 e. The van der Waals surface area contributed by atoms with Crippen molar-refractivity contribution in [2.24, 2.45) is 0 Å². The van der Waals surface area contributed by atoms with Gasteiger partial charge in [-0.15, -0.1) is 0 Å². The minimum Gasteiger partial charge on any atom is -0.346 e. The maximum absolute atomic E-state index is 13.4. The number of carbonyl (C=O) groups is 1. The maximum Gasteiger partial charge on any atom is 0.240 e. The number of aromatic amines is 1. The molecule has 0 saturated carbocycles. The molecule has 1 heterocycles. The summed E-state index contributed by atoms with van der Waals surface area (Å²) >= 11 is 0. The molecule has 3 aromatic carbocycles. The molecule has 0 saturated heterocycles. The van der Waals surface area contributed by atoms with Gasteiger partial charge in [-0.05, 0) is 53.9 Å². The van der Waals surface area contributed by atoms with Crippen LogP contribution in [-0.2, 0) is 21.2 Å². The third-order valence-electron chi connectivity index (χ3n) is 5.78. The molecule has 0 aliphatic carbocycles. The highest BCUT2D eigenvalue weighted by molar-refractivity contribution is 7.89. The summed E-state index contributed by atoms with van der Waals surface area (Å²) < 4.78 is 41.2. The second kappa shape index (κ2) is 10.8. The van der Waals surface area contributed by atoms with E-state index in [0.29, 0.717) is 30.6 Å². The molecule has 4 rings (SSSR count). The monoisotopic (exact) mass is 494 g/mol. The Morgan fingerprint density at radius 2 is 1.83 bits per heavy atom. The van der Waals surface area contributed by atoms with E-state index in [1.807, 2.05) is 30.3 Å². The van der Waals surface area contributed by atoms with Gasteiger partial charge in [0.15, 0.2) is 0 Å². The van der Waals surface area contributed by atoms with Crippen molar-refractivity contribution in [3.63, 3.8) is 0 Å². The fourth-order valence-corrected chi connectivity index (χ4v) is 4.88. The molecule has 0 unspecified atom stereocenters. The third kappa shape index (κ3) is 6.32. The topological polar surface area (TPSA) is 95.2 Å². The van der Waals surface area contributed by atoms with Crippen molar-refractivity contribution in [2.75, 3.05) is 20.1 Å². The summed E-state index contributed by atoms with van der Waals surface area (Å²) in [5, 5.41) is 8.98. The number of sulfonamides is 1. The maximum atomic E-state index is 13.4. The van der Waals surface area contributed by atoms with E-state index in [0.717, 1.165) is 16.5 Å². The van der Waals surface area contributed by atoms with E-state index in [9.17, 15) is 17.6 Å². The molecule has 0 atom stereocenters. The summed E-state index contributed by atoms with van der Waals surface area (Å²) in [6.45, 7) is 0.542.